The molecular weight excluding hydrogens is 324 g/mol. The lowest BCUT2D eigenvalue weighted by Crippen LogP contribution is -2.40. The van der Waals surface area contributed by atoms with Gasteiger partial charge >= 0.3 is 5.69 Å². The van der Waals surface area contributed by atoms with Crippen LogP contribution in [0, 0.1) is 10.1 Å². The summed E-state index contributed by atoms with van der Waals surface area (Å²) >= 11 is 0. The van der Waals surface area contributed by atoms with Crippen molar-refractivity contribution in [1.29, 1.82) is 0 Å². The minimum absolute atomic E-state index is 0.0744. The van der Waals surface area contributed by atoms with Gasteiger partial charge in [0, 0.05) is 5.54 Å². The van der Waals surface area contributed by atoms with E-state index in [2.05, 4.69) is 26.1 Å². The highest BCUT2D eigenvalue weighted by Gasteiger charge is 2.24. The van der Waals surface area contributed by atoms with Gasteiger partial charge in [-0.1, -0.05) is 12.1 Å². The van der Waals surface area contributed by atoms with Gasteiger partial charge in [-0.3, -0.25) is 15.5 Å². The predicted octanol–water partition coefficient (Wildman–Crippen LogP) is 3.24. The zero-order valence-corrected chi connectivity index (χ0v) is 14.7. The molecule has 0 fully saturated rings. The van der Waals surface area contributed by atoms with E-state index in [-0.39, 0.29) is 22.9 Å². The van der Waals surface area contributed by atoms with Crippen molar-refractivity contribution in [3.63, 3.8) is 0 Å². The zero-order valence-electron chi connectivity index (χ0n) is 14.7. The van der Waals surface area contributed by atoms with Crippen LogP contribution in [-0.2, 0) is 0 Å². The maximum absolute atomic E-state index is 11.6. The number of para-hydroxylation sites is 2. The monoisotopic (exact) mass is 346 g/mol. The van der Waals surface area contributed by atoms with E-state index in [4.69, 9.17) is 4.74 Å². The molecule has 1 aromatic carbocycles. The van der Waals surface area contributed by atoms with Gasteiger partial charge in [-0.25, -0.2) is 15.4 Å². The van der Waals surface area contributed by atoms with Crippen LogP contribution in [0.5, 0.6) is 5.75 Å². The number of hydrogen-bond donors (Lipinski definition) is 3. The first-order valence-corrected chi connectivity index (χ1v) is 7.83. The Hall–Kier alpha value is -2.94. The number of benzene rings is 1. The van der Waals surface area contributed by atoms with Crippen molar-refractivity contribution in [2.24, 2.45) is 0 Å². The Labute approximate surface area is 146 Å². The highest BCUT2D eigenvalue weighted by Crippen LogP contribution is 2.34. The summed E-state index contributed by atoms with van der Waals surface area (Å²) < 4.78 is 5.53. The van der Waals surface area contributed by atoms with Crippen LogP contribution in [0.3, 0.4) is 0 Å². The first-order valence-electron chi connectivity index (χ1n) is 7.83. The van der Waals surface area contributed by atoms with E-state index < -0.39 is 4.92 Å². The Morgan fingerprint density at radius 3 is 2.52 bits per heavy atom. The largest absolute Gasteiger partial charge is 0.492 e. The van der Waals surface area contributed by atoms with Gasteiger partial charge < -0.3 is 10.1 Å². The van der Waals surface area contributed by atoms with Crippen LogP contribution in [0.2, 0.25) is 0 Å². The smallest absolute Gasteiger partial charge is 0.354 e. The van der Waals surface area contributed by atoms with Crippen LogP contribution in [0.1, 0.15) is 27.7 Å². The molecule has 1 aromatic heterocycles. The van der Waals surface area contributed by atoms with Gasteiger partial charge in [0.1, 0.15) is 12.1 Å². The number of anilines is 3. The molecule has 0 spiro atoms. The molecule has 9 heteroatoms. The van der Waals surface area contributed by atoms with Crippen molar-refractivity contribution in [2.75, 3.05) is 17.3 Å². The van der Waals surface area contributed by atoms with Crippen LogP contribution >= 0.6 is 0 Å². The Morgan fingerprint density at radius 1 is 1.20 bits per heavy atom. The van der Waals surface area contributed by atoms with Crippen molar-refractivity contribution in [2.45, 2.75) is 33.2 Å². The number of rotatable bonds is 7. The van der Waals surface area contributed by atoms with Crippen molar-refractivity contribution in [3.8, 4) is 5.75 Å². The van der Waals surface area contributed by atoms with Gasteiger partial charge in [0.2, 0.25) is 11.6 Å². The van der Waals surface area contributed by atoms with E-state index >= 15 is 0 Å². The fourth-order valence-corrected chi connectivity index (χ4v) is 1.96. The molecule has 9 nitrogen and oxygen atoms in total. The number of nitrogens with one attached hydrogen (secondary N) is 3. The quantitative estimate of drug-likeness (QED) is 0.517. The summed E-state index contributed by atoms with van der Waals surface area (Å²) in [5.74, 6) is 0.733. The molecule has 0 saturated heterocycles. The van der Waals surface area contributed by atoms with Crippen molar-refractivity contribution in [1.82, 2.24) is 15.4 Å². The molecule has 0 amide bonds. The van der Waals surface area contributed by atoms with Gasteiger partial charge in [-0.05, 0) is 39.8 Å². The summed E-state index contributed by atoms with van der Waals surface area (Å²) in [5, 5.41) is 14.5. The Morgan fingerprint density at radius 2 is 1.88 bits per heavy atom. The molecule has 0 aliphatic rings. The molecule has 1 heterocycles. The summed E-state index contributed by atoms with van der Waals surface area (Å²) in [5.41, 5.74) is 5.77. The second-order valence-corrected chi connectivity index (χ2v) is 6.23. The van der Waals surface area contributed by atoms with E-state index in [1.165, 1.54) is 6.33 Å². The highest BCUT2D eigenvalue weighted by atomic mass is 16.6. The molecular formula is C16H22N6O3. The zero-order chi connectivity index (χ0) is 18.4. The fourth-order valence-electron chi connectivity index (χ4n) is 1.96. The van der Waals surface area contributed by atoms with E-state index in [1.807, 2.05) is 33.8 Å². The Bertz CT molecular complexity index is 745. The van der Waals surface area contributed by atoms with Gasteiger partial charge in [0.25, 0.3) is 0 Å². The molecule has 0 aliphatic carbocycles. The summed E-state index contributed by atoms with van der Waals surface area (Å²) in [6.07, 6.45) is 1.26. The average Bonchev–Trinajstić information content (AvgIpc) is 2.54. The lowest BCUT2D eigenvalue weighted by molar-refractivity contribution is -0.383. The second kappa shape index (κ2) is 7.75. The molecule has 3 N–H and O–H groups in total. The molecule has 2 rings (SSSR count). The normalized spacial score (nSPS) is 11.0. The number of hydrogen-bond acceptors (Lipinski definition) is 8. The molecule has 134 valence electrons. The van der Waals surface area contributed by atoms with Gasteiger partial charge in [-0.2, -0.15) is 0 Å². The SMILES string of the molecule is CCOc1ccccc1Nc1ncnc(NNC(C)(C)C)c1[N+](=O)[O-]. The summed E-state index contributed by atoms with van der Waals surface area (Å²) in [4.78, 5) is 19.0. The van der Waals surface area contributed by atoms with Crippen LogP contribution in [0.25, 0.3) is 0 Å². The Kier molecular flexibility index (Phi) is 5.71. The first-order chi connectivity index (χ1) is 11.8. The molecule has 0 aliphatic heterocycles. The average molecular weight is 346 g/mol. The molecule has 0 radical (unpaired) electrons. The molecule has 2 aromatic rings. The van der Waals surface area contributed by atoms with Crippen molar-refractivity contribution >= 4 is 23.0 Å². The number of aromatic nitrogens is 2. The number of ether oxygens (including phenoxy) is 1. The minimum atomic E-state index is -0.529. The van der Waals surface area contributed by atoms with Crippen LogP contribution in [0.15, 0.2) is 30.6 Å². The highest BCUT2D eigenvalue weighted by molar-refractivity contribution is 5.75. The van der Waals surface area contributed by atoms with E-state index in [0.717, 1.165) is 0 Å². The molecule has 0 saturated carbocycles. The lowest BCUT2D eigenvalue weighted by Gasteiger charge is -2.21. The first kappa shape index (κ1) is 18.4. The molecule has 25 heavy (non-hydrogen) atoms. The number of nitrogens with zero attached hydrogens (tertiary/aromatic N) is 3. The maximum atomic E-state index is 11.6. The predicted molar refractivity (Wildman–Crippen MR) is 96.1 cm³/mol. The molecule has 0 unspecified atom stereocenters. The summed E-state index contributed by atoms with van der Waals surface area (Å²) in [7, 11) is 0. The van der Waals surface area contributed by atoms with Crippen LogP contribution in [0.4, 0.5) is 23.0 Å². The van der Waals surface area contributed by atoms with Crippen LogP contribution < -0.4 is 20.9 Å². The van der Waals surface area contributed by atoms with Crippen molar-refractivity contribution < 1.29 is 9.66 Å². The summed E-state index contributed by atoms with van der Waals surface area (Å²) in [6, 6.07) is 7.17. The van der Waals surface area contributed by atoms with Gasteiger partial charge in [0.15, 0.2) is 0 Å². The fraction of sp³-hybridized carbons (Fsp3) is 0.375. The minimum Gasteiger partial charge on any atom is -0.492 e. The number of nitro groups is 1. The standard InChI is InChI=1S/C16H22N6O3/c1-5-25-12-9-7-6-8-11(12)19-14-13(22(23)24)15(18-10-17-14)20-21-16(2,3)4/h6-10,21H,5H2,1-4H3,(H2,17,18,19,20). The maximum Gasteiger partial charge on any atom is 0.354 e. The van der Waals surface area contributed by atoms with Crippen LogP contribution in [-0.4, -0.2) is 27.0 Å². The molecule has 0 atom stereocenters. The topological polar surface area (TPSA) is 114 Å². The van der Waals surface area contributed by atoms with E-state index in [1.54, 1.807) is 18.2 Å². The third-order valence-corrected chi connectivity index (χ3v) is 3.00. The third kappa shape index (κ3) is 5.01. The Balaban J connectivity index is 2.36. The summed E-state index contributed by atoms with van der Waals surface area (Å²) in [6.45, 7) is 8.11. The van der Waals surface area contributed by atoms with E-state index in [0.29, 0.717) is 18.0 Å². The lowest BCUT2D eigenvalue weighted by atomic mass is 10.1. The van der Waals surface area contributed by atoms with Crippen molar-refractivity contribution in [3.05, 3.63) is 40.7 Å². The van der Waals surface area contributed by atoms with Gasteiger partial charge in [0.05, 0.1) is 17.2 Å². The third-order valence-electron chi connectivity index (χ3n) is 3.00. The molecule has 0 bridgehead atoms. The van der Waals surface area contributed by atoms with E-state index in [9.17, 15) is 10.1 Å². The second-order valence-electron chi connectivity index (χ2n) is 6.23. The number of hydrazine groups is 1. The van der Waals surface area contributed by atoms with Gasteiger partial charge in [-0.15, -0.1) is 0 Å².